The van der Waals surface area contributed by atoms with Crippen LogP contribution in [0, 0.1) is 5.92 Å². The molecule has 17 heavy (non-hydrogen) atoms. The van der Waals surface area contributed by atoms with E-state index in [1.54, 1.807) is 25.1 Å². The van der Waals surface area contributed by atoms with Gasteiger partial charge in [-0.15, -0.1) is 0 Å². The van der Waals surface area contributed by atoms with E-state index in [1.165, 1.54) is 14.0 Å². The maximum Gasteiger partial charge on any atom is 0.311 e. The lowest BCUT2D eigenvalue weighted by Gasteiger charge is -2.29. The molecule has 2 atom stereocenters. The summed E-state index contributed by atoms with van der Waals surface area (Å²) in [6.45, 7) is 3.08. The van der Waals surface area contributed by atoms with Crippen molar-refractivity contribution in [2.75, 3.05) is 7.11 Å². The quantitative estimate of drug-likeness (QED) is 0.864. The van der Waals surface area contributed by atoms with Crippen molar-refractivity contribution in [3.05, 3.63) is 33.8 Å². The molecule has 1 aromatic carbocycles. The second-order valence-electron chi connectivity index (χ2n) is 3.99. The molecule has 0 saturated carbocycles. The van der Waals surface area contributed by atoms with E-state index in [1.807, 2.05) is 0 Å². The van der Waals surface area contributed by atoms with Gasteiger partial charge in [0.25, 0.3) is 0 Å². The van der Waals surface area contributed by atoms with Crippen LogP contribution < -0.4 is 0 Å². The first-order valence-corrected chi connectivity index (χ1v) is 5.82. The summed E-state index contributed by atoms with van der Waals surface area (Å²) in [7, 11) is 1.27. The predicted octanol–water partition coefficient (Wildman–Crippen LogP) is 3.01. The van der Waals surface area contributed by atoms with Gasteiger partial charge in [0.1, 0.15) is 5.60 Å². The minimum Gasteiger partial charge on any atom is -0.469 e. The second kappa shape index (κ2) is 5.25. The van der Waals surface area contributed by atoms with Gasteiger partial charge in [-0.3, -0.25) is 4.79 Å². The molecule has 0 aromatic heterocycles. The summed E-state index contributed by atoms with van der Waals surface area (Å²) < 4.78 is 4.61. The molecular weight excluding hydrogens is 263 g/mol. The topological polar surface area (TPSA) is 46.5 Å². The Morgan fingerprint density at radius 1 is 1.47 bits per heavy atom. The Morgan fingerprint density at radius 2 is 2.06 bits per heavy atom. The Labute approximate surface area is 110 Å². The van der Waals surface area contributed by atoms with Gasteiger partial charge in [0.05, 0.1) is 23.1 Å². The van der Waals surface area contributed by atoms with Crippen LogP contribution in [0.5, 0.6) is 0 Å². The third-order valence-corrected chi connectivity index (χ3v) is 3.71. The number of benzene rings is 1. The first-order chi connectivity index (χ1) is 7.82. The largest absolute Gasteiger partial charge is 0.469 e. The molecule has 1 N–H and O–H groups in total. The summed E-state index contributed by atoms with van der Waals surface area (Å²) in [5, 5.41) is 11.0. The van der Waals surface area contributed by atoms with Gasteiger partial charge >= 0.3 is 5.97 Å². The number of carbonyl (C=O) groups is 1. The molecule has 2 unspecified atom stereocenters. The van der Waals surface area contributed by atoms with Crippen LogP contribution in [0.1, 0.15) is 19.4 Å². The molecule has 0 aliphatic heterocycles. The molecule has 0 heterocycles. The minimum absolute atomic E-state index is 0.245. The Hall–Kier alpha value is -0.770. The van der Waals surface area contributed by atoms with Crippen LogP contribution in [0.15, 0.2) is 18.2 Å². The van der Waals surface area contributed by atoms with Crippen LogP contribution in [-0.4, -0.2) is 18.2 Å². The highest BCUT2D eigenvalue weighted by atomic mass is 35.5. The van der Waals surface area contributed by atoms with Crippen molar-refractivity contribution >= 4 is 29.2 Å². The number of halogens is 2. The van der Waals surface area contributed by atoms with E-state index in [0.29, 0.717) is 10.6 Å². The summed E-state index contributed by atoms with van der Waals surface area (Å²) in [6.07, 6.45) is 0. The monoisotopic (exact) mass is 276 g/mol. The highest BCUT2D eigenvalue weighted by Crippen LogP contribution is 2.37. The van der Waals surface area contributed by atoms with Crippen molar-refractivity contribution in [3.63, 3.8) is 0 Å². The van der Waals surface area contributed by atoms with Crippen LogP contribution in [0.2, 0.25) is 10.0 Å². The number of esters is 1. The van der Waals surface area contributed by atoms with Gasteiger partial charge in [0, 0.05) is 5.56 Å². The summed E-state index contributed by atoms with van der Waals surface area (Å²) in [5.74, 6) is -1.26. The summed E-state index contributed by atoms with van der Waals surface area (Å²) in [4.78, 5) is 11.5. The van der Waals surface area contributed by atoms with Crippen LogP contribution in [0.3, 0.4) is 0 Å². The lowest BCUT2D eigenvalue weighted by molar-refractivity contribution is -0.154. The molecule has 0 aliphatic rings. The molecule has 3 nitrogen and oxygen atoms in total. The van der Waals surface area contributed by atoms with Crippen LogP contribution >= 0.6 is 23.2 Å². The number of hydrogen-bond donors (Lipinski definition) is 1. The van der Waals surface area contributed by atoms with E-state index in [0.717, 1.165) is 0 Å². The maximum absolute atomic E-state index is 11.5. The molecule has 0 amide bonds. The van der Waals surface area contributed by atoms with Gasteiger partial charge in [-0.2, -0.15) is 0 Å². The van der Waals surface area contributed by atoms with E-state index in [9.17, 15) is 9.90 Å². The van der Waals surface area contributed by atoms with Crippen molar-refractivity contribution in [3.8, 4) is 0 Å². The van der Waals surface area contributed by atoms with Gasteiger partial charge in [0.15, 0.2) is 0 Å². The van der Waals surface area contributed by atoms with Crippen LogP contribution in [-0.2, 0) is 15.1 Å². The lowest BCUT2D eigenvalue weighted by Crippen LogP contribution is -2.36. The summed E-state index contributed by atoms with van der Waals surface area (Å²) >= 11 is 11.9. The van der Waals surface area contributed by atoms with E-state index >= 15 is 0 Å². The first-order valence-electron chi connectivity index (χ1n) is 5.07. The zero-order valence-corrected chi connectivity index (χ0v) is 11.3. The second-order valence-corrected chi connectivity index (χ2v) is 4.78. The van der Waals surface area contributed by atoms with Gasteiger partial charge < -0.3 is 9.84 Å². The third-order valence-electron chi connectivity index (χ3n) is 2.89. The molecule has 0 bridgehead atoms. The number of aliphatic hydroxyl groups is 1. The van der Waals surface area contributed by atoms with E-state index in [-0.39, 0.29) is 5.02 Å². The normalized spacial score (nSPS) is 16.1. The van der Waals surface area contributed by atoms with E-state index in [4.69, 9.17) is 23.2 Å². The highest BCUT2D eigenvalue weighted by Gasteiger charge is 2.38. The molecule has 5 heteroatoms. The van der Waals surface area contributed by atoms with Crippen LogP contribution in [0.4, 0.5) is 0 Å². The zero-order chi connectivity index (χ0) is 13.2. The molecule has 1 aromatic rings. The molecule has 0 radical (unpaired) electrons. The molecule has 0 fully saturated rings. The van der Waals surface area contributed by atoms with Gasteiger partial charge in [-0.05, 0) is 19.9 Å². The Morgan fingerprint density at radius 3 is 2.59 bits per heavy atom. The molecule has 0 saturated heterocycles. The van der Waals surface area contributed by atoms with Gasteiger partial charge in [0.2, 0.25) is 0 Å². The van der Waals surface area contributed by atoms with Crippen molar-refractivity contribution in [1.29, 1.82) is 0 Å². The van der Waals surface area contributed by atoms with Crippen molar-refractivity contribution in [1.82, 2.24) is 0 Å². The Bertz CT molecular complexity index is 430. The number of rotatable bonds is 3. The number of methoxy groups -OCH3 is 1. The van der Waals surface area contributed by atoms with Crippen LogP contribution in [0.25, 0.3) is 0 Å². The molecular formula is C12H14Cl2O3. The smallest absolute Gasteiger partial charge is 0.311 e. The van der Waals surface area contributed by atoms with Gasteiger partial charge in [-0.25, -0.2) is 0 Å². The lowest BCUT2D eigenvalue weighted by atomic mass is 9.84. The summed E-state index contributed by atoms with van der Waals surface area (Å²) in [6, 6.07) is 4.92. The SMILES string of the molecule is COC(=O)C(C)C(C)(O)c1cccc(Cl)c1Cl. The molecule has 0 spiro atoms. The number of carbonyl (C=O) groups excluding carboxylic acids is 1. The standard InChI is InChI=1S/C12H14Cl2O3/c1-7(11(15)17-3)12(2,16)8-5-4-6-9(13)10(8)14/h4-7,16H,1-3H3. The van der Waals surface area contributed by atoms with E-state index in [2.05, 4.69) is 4.74 Å². The Kier molecular flexibility index (Phi) is 4.42. The molecule has 0 aliphatic carbocycles. The van der Waals surface area contributed by atoms with Crippen molar-refractivity contribution in [2.24, 2.45) is 5.92 Å². The fraction of sp³-hybridized carbons (Fsp3) is 0.417. The average molecular weight is 277 g/mol. The third kappa shape index (κ3) is 2.73. The van der Waals surface area contributed by atoms with Crippen molar-refractivity contribution < 1.29 is 14.6 Å². The first kappa shape index (κ1) is 14.3. The van der Waals surface area contributed by atoms with Crippen molar-refractivity contribution in [2.45, 2.75) is 19.4 Å². The predicted molar refractivity (Wildman–Crippen MR) is 67.2 cm³/mol. The molecule has 1 rings (SSSR count). The fourth-order valence-electron chi connectivity index (χ4n) is 1.53. The average Bonchev–Trinajstić information content (AvgIpc) is 2.30. The zero-order valence-electron chi connectivity index (χ0n) is 9.83. The minimum atomic E-state index is -1.44. The van der Waals surface area contributed by atoms with E-state index < -0.39 is 17.5 Å². The highest BCUT2D eigenvalue weighted by molar-refractivity contribution is 6.42. The summed E-state index contributed by atoms with van der Waals surface area (Å²) in [5.41, 5.74) is -1.03. The molecule has 94 valence electrons. The number of ether oxygens (including phenoxy) is 1. The Balaban J connectivity index is 3.21. The van der Waals surface area contributed by atoms with Gasteiger partial charge in [-0.1, -0.05) is 35.3 Å². The number of hydrogen-bond acceptors (Lipinski definition) is 3. The fourth-order valence-corrected chi connectivity index (χ4v) is 2.03. The maximum atomic E-state index is 11.5.